The Morgan fingerprint density at radius 2 is 2.31 bits per heavy atom. The molecule has 3 nitrogen and oxygen atoms in total. The van der Waals surface area contributed by atoms with Gasteiger partial charge in [0, 0.05) is 17.9 Å². The van der Waals surface area contributed by atoms with Gasteiger partial charge in [0.2, 0.25) is 0 Å². The van der Waals surface area contributed by atoms with Crippen LogP contribution in [0.1, 0.15) is 13.3 Å². The van der Waals surface area contributed by atoms with E-state index in [-0.39, 0.29) is 17.7 Å². The first-order valence-corrected chi connectivity index (χ1v) is 4.17. The van der Waals surface area contributed by atoms with Gasteiger partial charge in [-0.25, -0.2) is 4.79 Å². The number of carbonyl (C=O) groups is 2. The molecule has 0 radical (unpaired) electrons. The molecule has 1 saturated heterocycles. The molecule has 0 spiro atoms. The highest BCUT2D eigenvalue weighted by Crippen LogP contribution is 2.41. The first kappa shape index (κ1) is 8.23. The first-order valence-electron chi connectivity index (χ1n) is 4.17. The number of carbonyl (C=O) groups excluding carboxylic acids is 2. The monoisotopic (exact) mass is 178 g/mol. The van der Waals surface area contributed by atoms with E-state index in [9.17, 15) is 9.59 Å². The van der Waals surface area contributed by atoms with Crippen LogP contribution in [0.5, 0.6) is 0 Å². The van der Waals surface area contributed by atoms with Crippen LogP contribution in [0.2, 0.25) is 0 Å². The van der Waals surface area contributed by atoms with Crippen LogP contribution in [-0.4, -0.2) is 17.4 Å². The summed E-state index contributed by atoms with van der Waals surface area (Å²) < 4.78 is 5.14. The summed E-state index contributed by atoms with van der Waals surface area (Å²) in [5, 5.41) is 0. The standard InChI is InChI=1S/C10H10O3/c1-6-8-5-7(11)3-4-10(8,2)13-9(6)12/h3-4,8H,1,5H2,2H3/t8-,10-/m1/s1. The smallest absolute Gasteiger partial charge is 0.334 e. The highest BCUT2D eigenvalue weighted by molar-refractivity contribution is 5.97. The average Bonchev–Trinajstić information content (AvgIpc) is 2.28. The number of ketones is 1. The molecule has 0 saturated carbocycles. The quantitative estimate of drug-likeness (QED) is 0.410. The third-order valence-electron chi connectivity index (χ3n) is 2.69. The minimum Gasteiger partial charge on any atom is -0.451 e. The van der Waals surface area contributed by atoms with E-state index >= 15 is 0 Å². The number of rotatable bonds is 0. The Morgan fingerprint density at radius 3 is 3.00 bits per heavy atom. The molecule has 0 unspecified atom stereocenters. The zero-order valence-corrected chi connectivity index (χ0v) is 7.37. The number of ether oxygens (including phenoxy) is 1. The summed E-state index contributed by atoms with van der Waals surface area (Å²) in [7, 11) is 0. The Labute approximate surface area is 76.1 Å². The van der Waals surface area contributed by atoms with Crippen LogP contribution in [0.4, 0.5) is 0 Å². The summed E-state index contributed by atoms with van der Waals surface area (Å²) in [6.45, 7) is 5.44. The predicted molar refractivity (Wildman–Crippen MR) is 45.9 cm³/mol. The SMILES string of the molecule is C=C1C(=O)O[C@]2(C)C=CC(=O)C[C@H]12. The fourth-order valence-corrected chi connectivity index (χ4v) is 1.83. The molecule has 13 heavy (non-hydrogen) atoms. The van der Waals surface area contributed by atoms with Crippen molar-refractivity contribution in [1.29, 1.82) is 0 Å². The van der Waals surface area contributed by atoms with Crippen LogP contribution < -0.4 is 0 Å². The minimum absolute atomic E-state index is 0.0296. The van der Waals surface area contributed by atoms with E-state index in [0.717, 1.165) is 0 Å². The molecular formula is C10H10O3. The van der Waals surface area contributed by atoms with Crippen LogP contribution in [0.25, 0.3) is 0 Å². The molecule has 68 valence electrons. The lowest BCUT2D eigenvalue weighted by atomic mass is 9.79. The Balaban J connectivity index is 2.43. The number of hydrogen-bond donors (Lipinski definition) is 0. The summed E-state index contributed by atoms with van der Waals surface area (Å²) in [4.78, 5) is 22.3. The van der Waals surface area contributed by atoms with Gasteiger partial charge in [-0.15, -0.1) is 0 Å². The van der Waals surface area contributed by atoms with Crippen molar-refractivity contribution >= 4 is 11.8 Å². The zero-order chi connectivity index (χ0) is 9.64. The Kier molecular flexibility index (Phi) is 1.46. The van der Waals surface area contributed by atoms with Gasteiger partial charge in [-0.2, -0.15) is 0 Å². The highest BCUT2D eigenvalue weighted by Gasteiger charge is 2.48. The van der Waals surface area contributed by atoms with Crippen molar-refractivity contribution in [3.05, 3.63) is 24.3 Å². The Bertz CT molecular complexity index is 340. The van der Waals surface area contributed by atoms with Gasteiger partial charge in [-0.1, -0.05) is 6.58 Å². The molecule has 3 heteroatoms. The molecule has 0 bridgehead atoms. The van der Waals surface area contributed by atoms with Crippen molar-refractivity contribution in [2.24, 2.45) is 5.92 Å². The summed E-state index contributed by atoms with van der Waals surface area (Å²) in [5.74, 6) is -0.522. The summed E-state index contributed by atoms with van der Waals surface area (Å²) >= 11 is 0. The van der Waals surface area contributed by atoms with Crippen LogP contribution in [0.3, 0.4) is 0 Å². The maximum Gasteiger partial charge on any atom is 0.334 e. The molecular weight excluding hydrogens is 168 g/mol. The minimum atomic E-state index is -0.637. The van der Waals surface area contributed by atoms with Gasteiger partial charge in [0.15, 0.2) is 5.78 Å². The lowest BCUT2D eigenvalue weighted by molar-refractivity contribution is -0.143. The molecule has 2 atom stereocenters. The van der Waals surface area contributed by atoms with E-state index in [0.29, 0.717) is 12.0 Å². The molecule has 0 aromatic rings. The van der Waals surface area contributed by atoms with Gasteiger partial charge in [0.05, 0.1) is 0 Å². The van der Waals surface area contributed by atoms with E-state index < -0.39 is 5.60 Å². The van der Waals surface area contributed by atoms with Crippen molar-refractivity contribution in [2.45, 2.75) is 18.9 Å². The fraction of sp³-hybridized carbons (Fsp3) is 0.400. The summed E-state index contributed by atoms with van der Waals surface area (Å²) in [5.41, 5.74) is -0.220. The van der Waals surface area contributed by atoms with E-state index in [1.165, 1.54) is 6.08 Å². The lowest BCUT2D eigenvalue weighted by Crippen LogP contribution is -2.34. The molecule has 1 fully saturated rings. The topological polar surface area (TPSA) is 43.4 Å². The van der Waals surface area contributed by atoms with Crippen LogP contribution in [-0.2, 0) is 14.3 Å². The van der Waals surface area contributed by atoms with Crippen LogP contribution in [0, 0.1) is 5.92 Å². The van der Waals surface area contributed by atoms with Crippen molar-refractivity contribution < 1.29 is 14.3 Å². The Morgan fingerprint density at radius 1 is 1.62 bits per heavy atom. The summed E-state index contributed by atoms with van der Waals surface area (Å²) in [6, 6.07) is 0. The molecule has 0 aromatic carbocycles. The molecule has 1 aliphatic carbocycles. The molecule has 1 aliphatic heterocycles. The zero-order valence-electron chi connectivity index (χ0n) is 7.37. The fourth-order valence-electron chi connectivity index (χ4n) is 1.83. The molecule has 2 rings (SSSR count). The molecule has 0 N–H and O–H groups in total. The number of allylic oxidation sites excluding steroid dienone is 1. The molecule has 1 heterocycles. The second-order valence-electron chi connectivity index (χ2n) is 3.65. The normalized spacial score (nSPS) is 37.6. The van der Waals surface area contributed by atoms with E-state index in [1.807, 2.05) is 0 Å². The van der Waals surface area contributed by atoms with Gasteiger partial charge in [0.25, 0.3) is 0 Å². The third-order valence-corrected chi connectivity index (χ3v) is 2.69. The predicted octanol–water partition coefficient (Wildman–Crippen LogP) is 1.00. The number of esters is 1. The van der Waals surface area contributed by atoms with Gasteiger partial charge in [0.1, 0.15) is 5.60 Å². The van der Waals surface area contributed by atoms with Crippen molar-refractivity contribution in [1.82, 2.24) is 0 Å². The van der Waals surface area contributed by atoms with E-state index in [2.05, 4.69) is 6.58 Å². The van der Waals surface area contributed by atoms with Gasteiger partial charge in [-0.3, -0.25) is 4.79 Å². The maximum absolute atomic E-state index is 11.2. The average molecular weight is 178 g/mol. The number of hydrogen-bond acceptors (Lipinski definition) is 3. The maximum atomic E-state index is 11.2. The lowest BCUT2D eigenvalue weighted by Gasteiger charge is -2.27. The van der Waals surface area contributed by atoms with Crippen LogP contribution >= 0.6 is 0 Å². The van der Waals surface area contributed by atoms with Crippen molar-refractivity contribution in [3.8, 4) is 0 Å². The van der Waals surface area contributed by atoms with E-state index in [1.54, 1.807) is 13.0 Å². The third kappa shape index (κ3) is 1.03. The van der Waals surface area contributed by atoms with Gasteiger partial charge in [-0.05, 0) is 19.1 Å². The second kappa shape index (κ2) is 2.31. The second-order valence-corrected chi connectivity index (χ2v) is 3.65. The van der Waals surface area contributed by atoms with Crippen molar-refractivity contribution in [2.75, 3.05) is 0 Å². The summed E-state index contributed by atoms with van der Waals surface area (Å²) in [6.07, 6.45) is 3.46. The van der Waals surface area contributed by atoms with Gasteiger partial charge < -0.3 is 4.74 Å². The molecule has 2 aliphatic rings. The molecule has 0 aromatic heterocycles. The Hall–Kier alpha value is -1.38. The van der Waals surface area contributed by atoms with Crippen LogP contribution in [0.15, 0.2) is 24.3 Å². The molecule has 0 amide bonds. The number of fused-ring (bicyclic) bond motifs is 1. The van der Waals surface area contributed by atoms with Gasteiger partial charge >= 0.3 is 5.97 Å². The first-order chi connectivity index (χ1) is 6.03. The largest absolute Gasteiger partial charge is 0.451 e. The van der Waals surface area contributed by atoms with E-state index in [4.69, 9.17) is 4.74 Å². The highest BCUT2D eigenvalue weighted by atomic mass is 16.6. The van der Waals surface area contributed by atoms with Crippen molar-refractivity contribution in [3.63, 3.8) is 0 Å².